The van der Waals surface area contributed by atoms with Crippen molar-refractivity contribution in [2.24, 2.45) is 17.1 Å². The Labute approximate surface area is 77.7 Å². The number of carboxylic acid groups (broad SMARTS) is 1. The summed E-state index contributed by atoms with van der Waals surface area (Å²) in [6.07, 6.45) is 2.69. The maximum absolute atomic E-state index is 10.8. The number of nitrogens with two attached hydrogens (primary N) is 1. The van der Waals surface area contributed by atoms with Gasteiger partial charge in [-0.2, -0.15) is 0 Å². The van der Waals surface area contributed by atoms with Crippen LogP contribution in [0.4, 0.5) is 4.79 Å². The first kappa shape index (κ1) is 8.81. The molecule has 1 amide bonds. The largest absolute Gasteiger partial charge is 0.465 e. The molecular formula is C9H16N2O2. The molecule has 0 radical (unpaired) electrons. The van der Waals surface area contributed by atoms with E-state index in [0.717, 1.165) is 12.8 Å². The van der Waals surface area contributed by atoms with E-state index in [2.05, 4.69) is 0 Å². The Kier molecular flexibility index (Phi) is 1.95. The maximum atomic E-state index is 10.8. The van der Waals surface area contributed by atoms with Gasteiger partial charge in [-0.3, -0.25) is 0 Å². The zero-order valence-electron chi connectivity index (χ0n) is 7.70. The topological polar surface area (TPSA) is 66.6 Å². The van der Waals surface area contributed by atoms with Gasteiger partial charge in [-0.05, 0) is 25.3 Å². The Bertz CT molecular complexity index is 232. The first-order valence-corrected chi connectivity index (χ1v) is 4.86. The molecule has 3 N–H and O–H groups in total. The second-order valence-electron chi connectivity index (χ2n) is 4.32. The lowest BCUT2D eigenvalue weighted by atomic mass is 9.81. The van der Waals surface area contributed by atoms with Crippen molar-refractivity contribution in [3.05, 3.63) is 0 Å². The van der Waals surface area contributed by atoms with Gasteiger partial charge in [0.1, 0.15) is 0 Å². The Hall–Kier alpha value is -0.770. The Balaban J connectivity index is 2.13. The van der Waals surface area contributed by atoms with E-state index in [1.165, 1.54) is 11.3 Å². The number of carbonyl (C=O) groups is 1. The van der Waals surface area contributed by atoms with Gasteiger partial charge in [-0.15, -0.1) is 0 Å². The van der Waals surface area contributed by atoms with Crippen molar-refractivity contribution < 1.29 is 9.90 Å². The molecule has 2 aliphatic rings. The van der Waals surface area contributed by atoms with E-state index >= 15 is 0 Å². The van der Waals surface area contributed by atoms with E-state index in [-0.39, 0.29) is 5.41 Å². The summed E-state index contributed by atoms with van der Waals surface area (Å²) in [5.74, 6) is 0.522. The van der Waals surface area contributed by atoms with Crippen LogP contribution in [0.25, 0.3) is 0 Å². The van der Waals surface area contributed by atoms with Gasteiger partial charge < -0.3 is 15.7 Å². The molecule has 4 heteroatoms. The highest BCUT2D eigenvalue weighted by atomic mass is 16.4. The van der Waals surface area contributed by atoms with Crippen LogP contribution >= 0.6 is 0 Å². The van der Waals surface area contributed by atoms with Gasteiger partial charge in [0.2, 0.25) is 0 Å². The fourth-order valence-electron chi connectivity index (χ4n) is 2.89. The molecule has 1 aliphatic heterocycles. The van der Waals surface area contributed by atoms with Gasteiger partial charge in [0.25, 0.3) is 0 Å². The quantitative estimate of drug-likeness (QED) is 0.631. The number of likely N-dealkylation sites (tertiary alicyclic amines) is 1. The molecule has 2 rings (SSSR count). The van der Waals surface area contributed by atoms with Gasteiger partial charge in [0, 0.05) is 18.5 Å². The van der Waals surface area contributed by atoms with Crippen molar-refractivity contribution in [1.29, 1.82) is 0 Å². The van der Waals surface area contributed by atoms with Gasteiger partial charge >= 0.3 is 6.09 Å². The lowest BCUT2D eigenvalue weighted by Crippen LogP contribution is -2.36. The van der Waals surface area contributed by atoms with Crippen molar-refractivity contribution in [3.8, 4) is 0 Å². The Morgan fingerprint density at radius 3 is 3.00 bits per heavy atom. The first-order valence-electron chi connectivity index (χ1n) is 4.86. The van der Waals surface area contributed by atoms with Crippen LogP contribution in [0.15, 0.2) is 0 Å². The summed E-state index contributed by atoms with van der Waals surface area (Å²) in [7, 11) is 0. The normalized spacial score (nSPS) is 37.9. The number of nitrogens with zero attached hydrogens (tertiary/aromatic N) is 1. The smallest absolute Gasteiger partial charge is 0.407 e. The molecule has 2 fully saturated rings. The maximum Gasteiger partial charge on any atom is 0.407 e. The summed E-state index contributed by atoms with van der Waals surface area (Å²) >= 11 is 0. The van der Waals surface area contributed by atoms with Gasteiger partial charge in [-0.25, -0.2) is 4.79 Å². The van der Waals surface area contributed by atoms with Crippen LogP contribution in [0.1, 0.15) is 19.3 Å². The highest BCUT2D eigenvalue weighted by Crippen LogP contribution is 2.47. The number of hydrogen-bond donors (Lipinski definition) is 2. The number of rotatable bonds is 1. The molecule has 0 aromatic carbocycles. The van der Waals surface area contributed by atoms with Crippen molar-refractivity contribution in [1.82, 2.24) is 4.90 Å². The molecular weight excluding hydrogens is 168 g/mol. The standard InChI is InChI=1S/C9H16N2O2/c10-5-9-3-1-2-7(9)4-11(6-9)8(12)13/h7H,1-6,10H2,(H,12,13)/t7-,9-/m0/s1. The van der Waals surface area contributed by atoms with Crippen LogP contribution in [0.3, 0.4) is 0 Å². The lowest BCUT2D eigenvalue weighted by molar-refractivity contribution is 0.148. The molecule has 0 spiro atoms. The van der Waals surface area contributed by atoms with Crippen LogP contribution in [0.5, 0.6) is 0 Å². The highest BCUT2D eigenvalue weighted by Gasteiger charge is 2.49. The lowest BCUT2D eigenvalue weighted by Gasteiger charge is -2.25. The second kappa shape index (κ2) is 2.87. The van der Waals surface area contributed by atoms with E-state index < -0.39 is 6.09 Å². The van der Waals surface area contributed by atoms with E-state index in [1.54, 1.807) is 0 Å². The predicted octanol–water partition coefficient (Wildman–Crippen LogP) is 0.725. The van der Waals surface area contributed by atoms with Gasteiger partial charge in [0.05, 0.1) is 0 Å². The summed E-state index contributed by atoms with van der Waals surface area (Å²) in [6, 6.07) is 0. The summed E-state index contributed by atoms with van der Waals surface area (Å²) in [5.41, 5.74) is 5.88. The van der Waals surface area contributed by atoms with E-state index in [4.69, 9.17) is 10.8 Å². The molecule has 1 aliphatic carbocycles. The molecule has 0 unspecified atom stereocenters. The van der Waals surface area contributed by atoms with Crippen LogP contribution in [0, 0.1) is 11.3 Å². The third-order valence-corrected chi connectivity index (χ3v) is 3.72. The molecule has 0 aromatic heterocycles. The molecule has 74 valence electrons. The second-order valence-corrected chi connectivity index (χ2v) is 4.32. The molecule has 1 heterocycles. The number of amides is 1. The van der Waals surface area contributed by atoms with Crippen LogP contribution in [0.2, 0.25) is 0 Å². The Morgan fingerprint density at radius 2 is 2.46 bits per heavy atom. The molecule has 0 aromatic rings. The zero-order chi connectivity index (χ0) is 9.47. The summed E-state index contributed by atoms with van der Waals surface area (Å²) in [6.45, 7) is 2.00. The average molecular weight is 184 g/mol. The minimum Gasteiger partial charge on any atom is -0.465 e. The first-order chi connectivity index (χ1) is 6.18. The summed E-state index contributed by atoms with van der Waals surface area (Å²) < 4.78 is 0. The fourth-order valence-corrected chi connectivity index (χ4v) is 2.89. The van der Waals surface area contributed by atoms with Gasteiger partial charge in [-0.1, -0.05) is 6.42 Å². The Morgan fingerprint density at radius 1 is 1.69 bits per heavy atom. The van der Waals surface area contributed by atoms with Crippen LogP contribution < -0.4 is 5.73 Å². The molecule has 1 saturated heterocycles. The molecule has 0 bridgehead atoms. The van der Waals surface area contributed by atoms with Crippen LogP contribution in [-0.2, 0) is 0 Å². The van der Waals surface area contributed by atoms with E-state index in [1.807, 2.05) is 0 Å². The average Bonchev–Trinajstić information content (AvgIpc) is 2.58. The zero-order valence-corrected chi connectivity index (χ0v) is 7.70. The van der Waals surface area contributed by atoms with Crippen molar-refractivity contribution in [3.63, 3.8) is 0 Å². The van der Waals surface area contributed by atoms with Crippen LogP contribution in [-0.4, -0.2) is 35.7 Å². The number of fused-ring (bicyclic) bond motifs is 1. The summed E-state index contributed by atoms with van der Waals surface area (Å²) in [4.78, 5) is 12.3. The predicted molar refractivity (Wildman–Crippen MR) is 48.4 cm³/mol. The van der Waals surface area contributed by atoms with Crippen molar-refractivity contribution in [2.45, 2.75) is 19.3 Å². The minimum absolute atomic E-state index is 0.123. The third kappa shape index (κ3) is 1.20. The molecule has 2 atom stereocenters. The highest BCUT2D eigenvalue weighted by molar-refractivity contribution is 5.65. The van der Waals surface area contributed by atoms with Crippen molar-refractivity contribution >= 4 is 6.09 Å². The number of hydrogen-bond acceptors (Lipinski definition) is 2. The van der Waals surface area contributed by atoms with Crippen molar-refractivity contribution in [2.75, 3.05) is 19.6 Å². The SMILES string of the molecule is NC[C@]12CCC[C@H]1CN(C(=O)O)C2. The minimum atomic E-state index is -0.790. The molecule has 4 nitrogen and oxygen atoms in total. The van der Waals surface area contributed by atoms with Gasteiger partial charge in [0.15, 0.2) is 0 Å². The third-order valence-electron chi connectivity index (χ3n) is 3.72. The monoisotopic (exact) mass is 184 g/mol. The summed E-state index contributed by atoms with van der Waals surface area (Å²) in [5, 5.41) is 8.86. The molecule has 1 saturated carbocycles. The van der Waals surface area contributed by atoms with E-state index in [0.29, 0.717) is 25.6 Å². The molecule has 13 heavy (non-hydrogen) atoms. The van der Waals surface area contributed by atoms with E-state index in [9.17, 15) is 4.79 Å². The fraction of sp³-hybridized carbons (Fsp3) is 0.889.